The molecule has 0 unspecified atom stereocenters. The Bertz CT molecular complexity index is 579. The summed E-state index contributed by atoms with van der Waals surface area (Å²) in [6.07, 6.45) is 0.848. The smallest absolute Gasteiger partial charge is 0.140 e. The fourth-order valence-electron chi connectivity index (χ4n) is 2.06. The van der Waals surface area contributed by atoms with E-state index in [1.54, 1.807) is 6.07 Å². The molecule has 2 heteroatoms. The maximum atomic E-state index is 8.77. The highest BCUT2D eigenvalue weighted by molar-refractivity contribution is 5.75. The van der Waals surface area contributed by atoms with Gasteiger partial charge in [-0.15, -0.1) is 0 Å². The molecule has 2 aromatic rings. The molecule has 1 aromatic heterocycles. The lowest BCUT2D eigenvalue weighted by molar-refractivity contribution is 1.10. The molecule has 0 amide bonds. The van der Waals surface area contributed by atoms with E-state index in [2.05, 4.69) is 23.2 Å². The van der Waals surface area contributed by atoms with Gasteiger partial charge in [0.15, 0.2) is 0 Å². The van der Waals surface area contributed by atoms with Crippen LogP contribution < -0.4 is 0 Å². The van der Waals surface area contributed by atoms with Crippen LogP contribution in [0.5, 0.6) is 0 Å². The van der Waals surface area contributed by atoms with Gasteiger partial charge in [-0.05, 0) is 23.3 Å². The van der Waals surface area contributed by atoms with Crippen LogP contribution in [-0.4, -0.2) is 4.98 Å². The number of rotatable bonds is 0. The van der Waals surface area contributed by atoms with Crippen molar-refractivity contribution < 1.29 is 0 Å². The number of fused-ring (bicyclic) bond motifs is 3. The van der Waals surface area contributed by atoms with E-state index in [1.165, 1.54) is 16.7 Å². The molecule has 0 N–H and O–H groups in total. The Labute approximate surface area is 87.8 Å². The van der Waals surface area contributed by atoms with Crippen molar-refractivity contribution in [2.45, 2.75) is 6.42 Å². The van der Waals surface area contributed by atoms with Crippen LogP contribution in [-0.2, 0) is 6.42 Å². The molecule has 0 saturated heterocycles. The number of hydrogen-bond acceptors (Lipinski definition) is 2. The molecular formula is C13H8N2. The maximum Gasteiger partial charge on any atom is 0.140 e. The normalized spacial score (nSPS) is 11.7. The molecule has 0 saturated carbocycles. The van der Waals surface area contributed by atoms with Crippen molar-refractivity contribution >= 4 is 0 Å². The van der Waals surface area contributed by atoms with Gasteiger partial charge in [0.2, 0.25) is 0 Å². The Morgan fingerprint density at radius 1 is 1.07 bits per heavy atom. The Morgan fingerprint density at radius 2 is 1.93 bits per heavy atom. The van der Waals surface area contributed by atoms with Gasteiger partial charge in [-0.2, -0.15) is 5.26 Å². The number of hydrogen-bond donors (Lipinski definition) is 0. The highest BCUT2D eigenvalue weighted by atomic mass is 14.7. The fourth-order valence-corrected chi connectivity index (χ4v) is 2.06. The molecule has 1 aromatic carbocycles. The maximum absolute atomic E-state index is 8.77. The van der Waals surface area contributed by atoms with Gasteiger partial charge in [0.05, 0.1) is 5.69 Å². The molecule has 1 aliphatic carbocycles. The van der Waals surface area contributed by atoms with Crippen LogP contribution in [0.25, 0.3) is 11.1 Å². The molecule has 0 aliphatic heterocycles. The van der Waals surface area contributed by atoms with Gasteiger partial charge in [0, 0.05) is 12.0 Å². The predicted octanol–water partition coefficient (Wildman–Crippen LogP) is 2.52. The van der Waals surface area contributed by atoms with E-state index < -0.39 is 0 Å². The number of nitriles is 1. The van der Waals surface area contributed by atoms with E-state index in [9.17, 15) is 0 Å². The summed E-state index contributed by atoms with van der Waals surface area (Å²) in [6, 6.07) is 14.1. The summed E-state index contributed by atoms with van der Waals surface area (Å²) in [5.74, 6) is 0. The largest absolute Gasteiger partial charge is 0.241 e. The molecule has 1 aliphatic rings. The number of benzene rings is 1. The van der Waals surface area contributed by atoms with Crippen LogP contribution in [0.15, 0.2) is 36.4 Å². The summed E-state index contributed by atoms with van der Waals surface area (Å²) in [4.78, 5) is 4.33. The molecule has 0 spiro atoms. The van der Waals surface area contributed by atoms with Gasteiger partial charge in [-0.3, -0.25) is 0 Å². The average molecular weight is 192 g/mol. The second kappa shape index (κ2) is 2.93. The zero-order valence-electron chi connectivity index (χ0n) is 8.07. The molecule has 0 radical (unpaired) electrons. The molecule has 2 nitrogen and oxygen atoms in total. The van der Waals surface area contributed by atoms with Crippen molar-refractivity contribution in [2.75, 3.05) is 0 Å². The predicted molar refractivity (Wildman–Crippen MR) is 57.2 cm³/mol. The van der Waals surface area contributed by atoms with Crippen LogP contribution in [0.4, 0.5) is 0 Å². The van der Waals surface area contributed by atoms with Crippen molar-refractivity contribution in [1.82, 2.24) is 4.98 Å². The number of aromatic nitrogens is 1. The first-order chi connectivity index (χ1) is 7.38. The van der Waals surface area contributed by atoms with Crippen molar-refractivity contribution in [3.05, 3.63) is 53.3 Å². The van der Waals surface area contributed by atoms with E-state index >= 15 is 0 Å². The van der Waals surface area contributed by atoms with Gasteiger partial charge in [-0.25, -0.2) is 4.98 Å². The first-order valence-electron chi connectivity index (χ1n) is 4.87. The van der Waals surface area contributed by atoms with Crippen LogP contribution in [0.1, 0.15) is 17.0 Å². The van der Waals surface area contributed by atoms with Crippen LogP contribution in [0.2, 0.25) is 0 Å². The Balaban J connectivity index is 2.23. The van der Waals surface area contributed by atoms with Crippen LogP contribution in [0, 0.1) is 11.3 Å². The summed E-state index contributed by atoms with van der Waals surface area (Å²) >= 11 is 0. The zero-order chi connectivity index (χ0) is 10.3. The monoisotopic (exact) mass is 192 g/mol. The minimum absolute atomic E-state index is 0.501. The summed E-state index contributed by atoms with van der Waals surface area (Å²) < 4.78 is 0. The second-order valence-corrected chi connectivity index (χ2v) is 3.64. The minimum Gasteiger partial charge on any atom is -0.241 e. The Kier molecular flexibility index (Phi) is 1.60. The number of pyridine rings is 1. The third-order valence-corrected chi connectivity index (χ3v) is 2.75. The molecule has 3 rings (SSSR count). The SMILES string of the molecule is N#Cc1ccc2c(n1)Cc1ccccc1-2. The third-order valence-electron chi connectivity index (χ3n) is 2.75. The van der Waals surface area contributed by atoms with E-state index in [1.807, 2.05) is 18.2 Å². The quantitative estimate of drug-likeness (QED) is 0.548. The summed E-state index contributed by atoms with van der Waals surface area (Å²) in [5.41, 5.74) is 5.25. The first-order valence-corrected chi connectivity index (χ1v) is 4.87. The summed E-state index contributed by atoms with van der Waals surface area (Å²) in [7, 11) is 0. The molecule has 0 bridgehead atoms. The second-order valence-electron chi connectivity index (χ2n) is 3.64. The van der Waals surface area contributed by atoms with E-state index in [4.69, 9.17) is 5.26 Å². The van der Waals surface area contributed by atoms with Crippen molar-refractivity contribution in [1.29, 1.82) is 5.26 Å². The van der Waals surface area contributed by atoms with Crippen molar-refractivity contribution in [3.8, 4) is 17.2 Å². The molecular weight excluding hydrogens is 184 g/mol. The lowest BCUT2D eigenvalue weighted by atomic mass is 10.1. The molecule has 0 fully saturated rings. The zero-order valence-corrected chi connectivity index (χ0v) is 8.07. The topological polar surface area (TPSA) is 36.7 Å². The minimum atomic E-state index is 0.501. The van der Waals surface area contributed by atoms with Crippen LogP contribution >= 0.6 is 0 Å². The van der Waals surface area contributed by atoms with Gasteiger partial charge >= 0.3 is 0 Å². The Morgan fingerprint density at radius 3 is 2.80 bits per heavy atom. The highest BCUT2D eigenvalue weighted by Crippen LogP contribution is 2.34. The van der Waals surface area contributed by atoms with Gasteiger partial charge in [0.1, 0.15) is 11.8 Å². The Hall–Kier alpha value is -2.14. The lowest BCUT2D eigenvalue weighted by Crippen LogP contribution is -1.89. The summed E-state index contributed by atoms with van der Waals surface area (Å²) in [6.45, 7) is 0. The van der Waals surface area contributed by atoms with E-state index in [0.29, 0.717) is 5.69 Å². The molecule has 0 atom stereocenters. The average Bonchev–Trinajstić information content (AvgIpc) is 2.66. The highest BCUT2D eigenvalue weighted by Gasteiger charge is 2.18. The van der Waals surface area contributed by atoms with E-state index in [0.717, 1.165) is 12.1 Å². The lowest BCUT2D eigenvalue weighted by Gasteiger charge is -1.98. The van der Waals surface area contributed by atoms with Gasteiger partial charge in [-0.1, -0.05) is 24.3 Å². The molecule has 70 valence electrons. The van der Waals surface area contributed by atoms with Crippen molar-refractivity contribution in [3.63, 3.8) is 0 Å². The van der Waals surface area contributed by atoms with E-state index in [-0.39, 0.29) is 0 Å². The van der Waals surface area contributed by atoms with Gasteiger partial charge < -0.3 is 0 Å². The third kappa shape index (κ3) is 1.14. The summed E-state index contributed by atoms with van der Waals surface area (Å²) in [5, 5.41) is 8.77. The number of nitrogens with zero attached hydrogens (tertiary/aromatic N) is 2. The molecule has 15 heavy (non-hydrogen) atoms. The van der Waals surface area contributed by atoms with Crippen LogP contribution in [0.3, 0.4) is 0 Å². The molecule has 1 heterocycles. The first kappa shape index (κ1) is 8.19. The fraction of sp³-hybridized carbons (Fsp3) is 0.0769. The van der Waals surface area contributed by atoms with Gasteiger partial charge in [0.25, 0.3) is 0 Å². The standard InChI is InChI=1S/C13H8N2/c14-8-10-5-6-12-11-4-2-1-3-9(11)7-13(12)15-10/h1-6H,7H2. The van der Waals surface area contributed by atoms with Crippen molar-refractivity contribution in [2.24, 2.45) is 0 Å².